The quantitative estimate of drug-likeness (QED) is 0.358. The van der Waals surface area contributed by atoms with Gasteiger partial charge in [0.2, 0.25) is 0 Å². The summed E-state index contributed by atoms with van der Waals surface area (Å²) < 4.78 is 10.8. The van der Waals surface area contributed by atoms with E-state index in [-0.39, 0.29) is 11.4 Å². The van der Waals surface area contributed by atoms with Crippen molar-refractivity contribution in [3.63, 3.8) is 0 Å². The molecule has 0 spiro atoms. The Labute approximate surface area is 151 Å². The maximum absolute atomic E-state index is 12.4. The lowest BCUT2D eigenvalue weighted by Gasteiger charge is -2.11. The fourth-order valence-corrected chi connectivity index (χ4v) is 2.81. The minimum Gasteiger partial charge on any atom is -0.464 e. The number of pyridine rings is 2. The summed E-state index contributed by atoms with van der Waals surface area (Å²) in [4.78, 5) is 32.9. The zero-order valence-electron chi connectivity index (χ0n) is 12.5. The van der Waals surface area contributed by atoms with Gasteiger partial charge in [0.25, 0.3) is 0 Å². The first-order valence-electron chi connectivity index (χ1n) is 6.91. The SMILES string of the molecule is COC(=O)c1nc(I)c2cccnc2c1OC(=O)c1ccccc1. The molecule has 120 valence electrons. The average molecular weight is 434 g/mol. The van der Waals surface area contributed by atoms with Crippen LogP contribution < -0.4 is 4.74 Å². The third-order valence-electron chi connectivity index (χ3n) is 3.25. The van der Waals surface area contributed by atoms with E-state index in [1.807, 2.05) is 22.6 Å². The maximum Gasteiger partial charge on any atom is 0.360 e. The van der Waals surface area contributed by atoms with Crippen molar-refractivity contribution in [2.24, 2.45) is 0 Å². The van der Waals surface area contributed by atoms with Crippen molar-refractivity contribution in [2.45, 2.75) is 0 Å². The molecule has 0 aliphatic heterocycles. The molecule has 0 N–H and O–H groups in total. The topological polar surface area (TPSA) is 78.4 Å². The van der Waals surface area contributed by atoms with Crippen LogP contribution in [-0.2, 0) is 4.74 Å². The van der Waals surface area contributed by atoms with Gasteiger partial charge in [0.1, 0.15) is 9.22 Å². The number of carbonyl (C=O) groups excluding carboxylic acids is 2. The van der Waals surface area contributed by atoms with Gasteiger partial charge in [0.15, 0.2) is 11.4 Å². The number of esters is 2. The Morgan fingerprint density at radius 1 is 1.04 bits per heavy atom. The molecule has 24 heavy (non-hydrogen) atoms. The largest absolute Gasteiger partial charge is 0.464 e. The lowest BCUT2D eigenvalue weighted by atomic mass is 10.2. The van der Waals surface area contributed by atoms with Crippen LogP contribution in [0.25, 0.3) is 10.9 Å². The second kappa shape index (κ2) is 6.91. The number of halogens is 1. The molecule has 0 aliphatic rings. The summed E-state index contributed by atoms with van der Waals surface area (Å²) in [6.45, 7) is 0. The van der Waals surface area contributed by atoms with E-state index in [0.717, 1.165) is 0 Å². The Kier molecular flexibility index (Phi) is 4.70. The standard InChI is InChI=1S/C17H11IN2O4/c1-23-17(22)13-14(24-16(21)10-6-3-2-4-7-10)12-11(15(18)20-13)8-5-9-19-12/h2-9H,1H3. The smallest absolute Gasteiger partial charge is 0.360 e. The minimum atomic E-state index is -0.698. The van der Waals surface area contributed by atoms with Crippen LogP contribution in [0.3, 0.4) is 0 Å². The Morgan fingerprint density at radius 2 is 1.79 bits per heavy atom. The van der Waals surface area contributed by atoms with Gasteiger partial charge in [-0.25, -0.2) is 14.6 Å². The lowest BCUT2D eigenvalue weighted by Crippen LogP contribution is -2.15. The second-order valence-electron chi connectivity index (χ2n) is 4.73. The molecule has 0 fully saturated rings. The fraction of sp³-hybridized carbons (Fsp3) is 0.0588. The summed E-state index contributed by atoms with van der Waals surface area (Å²) in [6.07, 6.45) is 1.55. The molecule has 0 atom stereocenters. The van der Waals surface area contributed by atoms with Crippen LogP contribution in [0, 0.1) is 3.70 Å². The van der Waals surface area contributed by atoms with E-state index < -0.39 is 11.9 Å². The molecule has 0 bridgehead atoms. The number of carbonyl (C=O) groups is 2. The number of benzene rings is 1. The first-order chi connectivity index (χ1) is 11.6. The van der Waals surface area contributed by atoms with Crippen LogP contribution in [0.5, 0.6) is 5.75 Å². The molecule has 0 saturated heterocycles. The van der Waals surface area contributed by atoms with Gasteiger partial charge in [-0.2, -0.15) is 0 Å². The van der Waals surface area contributed by atoms with Crippen molar-refractivity contribution >= 4 is 45.4 Å². The molecule has 7 heteroatoms. The van der Waals surface area contributed by atoms with Gasteiger partial charge < -0.3 is 9.47 Å². The third kappa shape index (κ3) is 3.07. The molecule has 0 aliphatic carbocycles. The first-order valence-corrected chi connectivity index (χ1v) is 7.99. The second-order valence-corrected chi connectivity index (χ2v) is 5.75. The molecular weight excluding hydrogens is 423 g/mol. The van der Waals surface area contributed by atoms with Crippen molar-refractivity contribution in [2.75, 3.05) is 7.11 Å². The predicted molar refractivity (Wildman–Crippen MR) is 95.0 cm³/mol. The fourth-order valence-electron chi connectivity index (χ4n) is 2.13. The predicted octanol–water partition coefficient (Wildman–Crippen LogP) is 3.24. The van der Waals surface area contributed by atoms with Gasteiger partial charge in [-0.1, -0.05) is 18.2 Å². The molecule has 3 aromatic rings. The van der Waals surface area contributed by atoms with Crippen molar-refractivity contribution in [3.8, 4) is 5.75 Å². The van der Waals surface area contributed by atoms with Crippen LogP contribution in [0.15, 0.2) is 48.7 Å². The van der Waals surface area contributed by atoms with Crippen molar-refractivity contribution in [1.82, 2.24) is 9.97 Å². The molecule has 0 unspecified atom stereocenters. The van der Waals surface area contributed by atoms with Crippen LogP contribution in [0.1, 0.15) is 20.8 Å². The number of ether oxygens (including phenoxy) is 2. The molecule has 6 nitrogen and oxygen atoms in total. The highest BCUT2D eigenvalue weighted by molar-refractivity contribution is 14.1. The summed E-state index contributed by atoms with van der Waals surface area (Å²) >= 11 is 2.00. The number of aromatic nitrogens is 2. The maximum atomic E-state index is 12.4. The monoisotopic (exact) mass is 434 g/mol. The molecule has 0 radical (unpaired) electrons. The zero-order valence-corrected chi connectivity index (χ0v) is 14.7. The summed E-state index contributed by atoms with van der Waals surface area (Å²) in [5.41, 5.74) is 0.648. The number of rotatable bonds is 3. The highest BCUT2D eigenvalue weighted by Crippen LogP contribution is 2.30. The van der Waals surface area contributed by atoms with E-state index in [2.05, 4.69) is 9.97 Å². The van der Waals surface area contributed by atoms with E-state index in [1.54, 1.807) is 48.7 Å². The van der Waals surface area contributed by atoms with Crippen LogP contribution in [0.4, 0.5) is 0 Å². The molecule has 3 rings (SSSR count). The van der Waals surface area contributed by atoms with Gasteiger partial charge in [-0.05, 0) is 46.9 Å². The summed E-state index contributed by atoms with van der Waals surface area (Å²) in [5, 5.41) is 0.682. The number of methoxy groups -OCH3 is 1. The molecular formula is C17H11IN2O4. The van der Waals surface area contributed by atoms with E-state index in [1.165, 1.54) is 7.11 Å². The van der Waals surface area contributed by atoms with E-state index in [4.69, 9.17) is 9.47 Å². The van der Waals surface area contributed by atoms with Gasteiger partial charge in [-0.3, -0.25) is 4.98 Å². The van der Waals surface area contributed by atoms with Gasteiger partial charge >= 0.3 is 11.9 Å². The highest BCUT2D eigenvalue weighted by Gasteiger charge is 2.24. The lowest BCUT2D eigenvalue weighted by molar-refractivity contribution is 0.0586. The first kappa shape index (κ1) is 16.3. The Hall–Kier alpha value is -2.55. The van der Waals surface area contributed by atoms with Crippen molar-refractivity contribution < 1.29 is 19.1 Å². The highest BCUT2D eigenvalue weighted by atomic mass is 127. The van der Waals surface area contributed by atoms with Crippen LogP contribution in [-0.4, -0.2) is 29.0 Å². The zero-order chi connectivity index (χ0) is 17.1. The molecule has 2 aromatic heterocycles. The van der Waals surface area contributed by atoms with Gasteiger partial charge in [0, 0.05) is 11.6 Å². The number of hydrogen-bond acceptors (Lipinski definition) is 6. The van der Waals surface area contributed by atoms with Crippen molar-refractivity contribution in [3.05, 3.63) is 63.6 Å². The van der Waals surface area contributed by atoms with E-state index in [9.17, 15) is 9.59 Å². The average Bonchev–Trinajstić information content (AvgIpc) is 2.64. The normalized spacial score (nSPS) is 10.4. The van der Waals surface area contributed by atoms with Crippen molar-refractivity contribution in [1.29, 1.82) is 0 Å². The Balaban J connectivity index is 2.16. The number of hydrogen-bond donors (Lipinski definition) is 0. The van der Waals surface area contributed by atoms with E-state index in [0.29, 0.717) is 20.2 Å². The van der Waals surface area contributed by atoms with Gasteiger partial charge in [-0.15, -0.1) is 0 Å². The number of nitrogens with zero attached hydrogens (tertiary/aromatic N) is 2. The minimum absolute atomic E-state index is 0.00767. The Morgan fingerprint density at radius 3 is 2.50 bits per heavy atom. The summed E-state index contributed by atoms with van der Waals surface area (Å²) in [5.74, 6) is -1.31. The van der Waals surface area contributed by atoms with Gasteiger partial charge in [0.05, 0.1) is 12.7 Å². The molecule has 0 amide bonds. The molecule has 2 heterocycles. The molecule has 0 saturated carbocycles. The van der Waals surface area contributed by atoms with E-state index >= 15 is 0 Å². The van der Waals surface area contributed by atoms with Crippen LogP contribution in [0.2, 0.25) is 0 Å². The summed E-state index contributed by atoms with van der Waals surface area (Å²) in [6, 6.07) is 12.0. The third-order valence-corrected chi connectivity index (χ3v) is 4.08. The Bertz CT molecular complexity index is 929. The summed E-state index contributed by atoms with van der Waals surface area (Å²) in [7, 11) is 1.24. The number of fused-ring (bicyclic) bond motifs is 1. The molecule has 1 aromatic carbocycles. The van der Waals surface area contributed by atoms with Crippen LogP contribution >= 0.6 is 22.6 Å².